The maximum atomic E-state index is 10.6. The molecule has 76 valence electrons. The van der Waals surface area contributed by atoms with Gasteiger partial charge in [-0.2, -0.15) is 5.10 Å². The molecule has 0 unspecified atom stereocenters. The Morgan fingerprint density at radius 3 is 2.64 bits per heavy atom. The highest BCUT2D eigenvalue weighted by Gasteiger charge is 2.07. The molecule has 0 atom stereocenters. The predicted molar refractivity (Wildman–Crippen MR) is 57.3 cm³/mol. The van der Waals surface area contributed by atoms with Crippen molar-refractivity contribution >= 4 is 22.9 Å². The van der Waals surface area contributed by atoms with E-state index in [2.05, 4.69) is 5.10 Å². The van der Waals surface area contributed by atoms with Gasteiger partial charge in [0.1, 0.15) is 0 Å². The van der Waals surface area contributed by atoms with E-state index in [1.54, 1.807) is 6.08 Å². The molecule has 1 rings (SSSR count). The molecule has 14 heavy (non-hydrogen) atoms. The van der Waals surface area contributed by atoms with Crippen LogP contribution in [0.4, 0.5) is 0 Å². The molecule has 1 aromatic rings. The first-order chi connectivity index (χ1) is 6.56. The van der Waals surface area contributed by atoms with Crippen molar-refractivity contribution in [2.45, 2.75) is 27.3 Å². The van der Waals surface area contributed by atoms with Gasteiger partial charge >= 0.3 is 0 Å². The molecule has 0 bridgehead atoms. The van der Waals surface area contributed by atoms with Gasteiger partial charge in [0.2, 0.25) is 5.24 Å². The van der Waals surface area contributed by atoms with Crippen LogP contribution in [-0.4, -0.2) is 15.0 Å². The Kier molecular flexibility index (Phi) is 3.47. The first-order valence-electron chi connectivity index (χ1n) is 4.47. The average molecular weight is 213 g/mol. The Labute approximate surface area is 88.4 Å². The Morgan fingerprint density at radius 2 is 2.21 bits per heavy atom. The lowest BCUT2D eigenvalue weighted by atomic mass is 10.2. The molecule has 0 saturated heterocycles. The van der Waals surface area contributed by atoms with Gasteiger partial charge in [0, 0.05) is 17.8 Å². The molecule has 0 aliphatic carbocycles. The van der Waals surface area contributed by atoms with Crippen molar-refractivity contribution < 1.29 is 4.79 Å². The molecular weight excluding hydrogens is 200 g/mol. The molecule has 1 aromatic heterocycles. The van der Waals surface area contributed by atoms with Gasteiger partial charge in [-0.15, -0.1) is 0 Å². The van der Waals surface area contributed by atoms with Crippen LogP contribution in [0.15, 0.2) is 6.08 Å². The van der Waals surface area contributed by atoms with Gasteiger partial charge in [0.05, 0.1) is 5.69 Å². The second kappa shape index (κ2) is 4.42. The summed E-state index contributed by atoms with van der Waals surface area (Å²) in [6.07, 6.45) is 3.05. The van der Waals surface area contributed by atoms with Crippen LogP contribution >= 0.6 is 11.6 Å². The zero-order valence-corrected chi connectivity index (χ0v) is 9.30. The van der Waals surface area contributed by atoms with Gasteiger partial charge in [-0.25, -0.2) is 0 Å². The SMILES string of the molecule is CCn1nc(C)c(/C=C/C(=O)Cl)c1C. The lowest BCUT2D eigenvalue weighted by molar-refractivity contribution is -0.107. The number of aromatic nitrogens is 2. The van der Waals surface area contributed by atoms with Gasteiger partial charge in [-0.3, -0.25) is 9.48 Å². The monoisotopic (exact) mass is 212 g/mol. The molecular formula is C10H13ClN2O. The molecule has 4 heteroatoms. The minimum Gasteiger partial charge on any atom is -0.276 e. The van der Waals surface area contributed by atoms with Gasteiger partial charge in [-0.05, 0) is 44.5 Å². The Bertz CT molecular complexity index is 380. The third-order valence-electron chi connectivity index (χ3n) is 2.12. The van der Waals surface area contributed by atoms with Crippen molar-refractivity contribution in [2.24, 2.45) is 0 Å². The van der Waals surface area contributed by atoms with Gasteiger partial charge in [0.25, 0.3) is 0 Å². The Balaban J connectivity index is 3.08. The molecule has 3 nitrogen and oxygen atoms in total. The van der Waals surface area contributed by atoms with E-state index in [1.165, 1.54) is 6.08 Å². The van der Waals surface area contributed by atoms with Crippen molar-refractivity contribution in [3.05, 3.63) is 23.0 Å². The molecule has 0 spiro atoms. The Hall–Kier alpha value is -1.09. The third kappa shape index (κ3) is 2.23. The summed E-state index contributed by atoms with van der Waals surface area (Å²) in [5.74, 6) is 0. The summed E-state index contributed by atoms with van der Waals surface area (Å²) in [4.78, 5) is 10.6. The molecule has 1 heterocycles. The quantitative estimate of drug-likeness (QED) is 0.569. The first-order valence-corrected chi connectivity index (χ1v) is 4.85. The van der Waals surface area contributed by atoms with E-state index in [0.717, 1.165) is 23.5 Å². The van der Waals surface area contributed by atoms with Gasteiger partial charge in [-0.1, -0.05) is 0 Å². The topological polar surface area (TPSA) is 34.9 Å². The normalized spacial score (nSPS) is 11.1. The summed E-state index contributed by atoms with van der Waals surface area (Å²) in [6, 6.07) is 0. The Morgan fingerprint density at radius 1 is 1.57 bits per heavy atom. The highest BCUT2D eigenvalue weighted by Crippen LogP contribution is 2.14. The number of hydrogen-bond acceptors (Lipinski definition) is 2. The molecule has 0 fully saturated rings. The predicted octanol–water partition coefficient (Wildman–Crippen LogP) is 2.30. The fraction of sp³-hybridized carbons (Fsp3) is 0.400. The number of hydrogen-bond donors (Lipinski definition) is 0. The summed E-state index contributed by atoms with van der Waals surface area (Å²) in [5, 5.41) is 3.85. The molecule has 0 saturated carbocycles. The van der Waals surface area contributed by atoms with E-state index in [-0.39, 0.29) is 0 Å². The molecule has 0 radical (unpaired) electrons. The van der Waals surface area contributed by atoms with Crippen molar-refractivity contribution in [2.75, 3.05) is 0 Å². The summed E-state index contributed by atoms with van der Waals surface area (Å²) in [5.41, 5.74) is 2.94. The number of allylic oxidation sites excluding steroid dienone is 1. The van der Waals surface area contributed by atoms with E-state index < -0.39 is 5.24 Å². The van der Waals surface area contributed by atoms with Crippen molar-refractivity contribution in [3.63, 3.8) is 0 Å². The minimum atomic E-state index is -0.465. The zero-order chi connectivity index (χ0) is 10.7. The molecule has 0 aliphatic heterocycles. The number of carbonyl (C=O) groups is 1. The molecule has 0 aromatic carbocycles. The molecule has 0 aliphatic rings. The van der Waals surface area contributed by atoms with Crippen molar-refractivity contribution in [3.8, 4) is 0 Å². The second-order valence-corrected chi connectivity index (χ2v) is 3.41. The van der Waals surface area contributed by atoms with Gasteiger partial charge < -0.3 is 0 Å². The van der Waals surface area contributed by atoms with E-state index in [4.69, 9.17) is 11.6 Å². The van der Waals surface area contributed by atoms with Crippen LogP contribution in [0.5, 0.6) is 0 Å². The highest BCUT2D eigenvalue weighted by molar-refractivity contribution is 6.66. The number of carbonyl (C=O) groups excluding carboxylic acids is 1. The van der Waals surface area contributed by atoms with Crippen LogP contribution in [0.3, 0.4) is 0 Å². The van der Waals surface area contributed by atoms with E-state index in [0.29, 0.717) is 0 Å². The summed E-state index contributed by atoms with van der Waals surface area (Å²) in [6.45, 7) is 6.74. The summed E-state index contributed by atoms with van der Waals surface area (Å²) < 4.78 is 1.90. The average Bonchev–Trinajstić information content (AvgIpc) is 2.39. The van der Waals surface area contributed by atoms with Crippen LogP contribution in [0.25, 0.3) is 6.08 Å². The van der Waals surface area contributed by atoms with Crippen LogP contribution in [0, 0.1) is 13.8 Å². The smallest absolute Gasteiger partial charge is 0.245 e. The van der Waals surface area contributed by atoms with Crippen LogP contribution < -0.4 is 0 Å². The van der Waals surface area contributed by atoms with Crippen molar-refractivity contribution in [1.82, 2.24) is 9.78 Å². The largest absolute Gasteiger partial charge is 0.276 e. The fourth-order valence-electron chi connectivity index (χ4n) is 1.41. The summed E-state index contributed by atoms with van der Waals surface area (Å²) >= 11 is 5.22. The highest BCUT2D eigenvalue weighted by atomic mass is 35.5. The lowest BCUT2D eigenvalue weighted by Gasteiger charge is -1.97. The minimum absolute atomic E-state index is 0.465. The molecule has 0 amide bonds. The van der Waals surface area contributed by atoms with Gasteiger partial charge in [0.15, 0.2) is 0 Å². The fourth-order valence-corrected chi connectivity index (χ4v) is 1.47. The number of nitrogens with zero attached hydrogens (tertiary/aromatic N) is 2. The number of aryl methyl sites for hydroxylation is 2. The third-order valence-corrected chi connectivity index (χ3v) is 2.24. The summed E-state index contributed by atoms with van der Waals surface area (Å²) in [7, 11) is 0. The number of halogens is 1. The molecule has 0 N–H and O–H groups in total. The lowest BCUT2D eigenvalue weighted by Crippen LogP contribution is -1.98. The van der Waals surface area contributed by atoms with Crippen molar-refractivity contribution in [1.29, 1.82) is 0 Å². The van der Waals surface area contributed by atoms with Crippen LogP contribution in [-0.2, 0) is 11.3 Å². The number of rotatable bonds is 3. The van der Waals surface area contributed by atoms with E-state index in [1.807, 2.05) is 25.5 Å². The zero-order valence-electron chi connectivity index (χ0n) is 8.54. The first kappa shape index (κ1) is 11.0. The van der Waals surface area contributed by atoms with E-state index >= 15 is 0 Å². The maximum absolute atomic E-state index is 10.6. The standard InChI is InChI=1S/C10H13ClN2O/c1-4-13-8(3)9(7(2)12-13)5-6-10(11)14/h5-6H,4H2,1-3H3/b6-5+. The van der Waals surface area contributed by atoms with E-state index in [9.17, 15) is 4.79 Å². The van der Waals surface area contributed by atoms with Crippen LogP contribution in [0.1, 0.15) is 23.9 Å². The second-order valence-electron chi connectivity index (χ2n) is 3.04. The van der Waals surface area contributed by atoms with Crippen LogP contribution in [0.2, 0.25) is 0 Å². The maximum Gasteiger partial charge on any atom is 0.245 e.